The fourth-order valence-corrected chi connectivity index (χ4v) is 2.29. The van der Waals surface area contributed by atoms with Crippen molar-refractivity contribution in [2.75, 3.05) is 7.11 Å². The third-order valence-electron chi connectivity index (χ3n) is 2.35. The molecule has 0 fully saturated rings. The number of aromatic nitrogens is 2. The van der Waals surface area contributed by atoms with Crippen LogP contribution in [0.2, 0.25) is 0 Å². The van der Waals surface area contributed by atoms with E-state index in [1.54, 1.807) is 24.5 Å². The normalized spacial score (nSPS) is 10.2. The van der Waals surface area contributed by atoms with Crippen molar-refractivity contribution in [3.63, 3.8) is 0 Å². The monoisotopic (exact) mass is 240 g/mol. The minimum Gasteiger partial charge on any atom is -0.479 e. The van der Waals surface area contributed by atoms with E-state index in [2.05, 4.69) is 22.1 Å². The molecule has 0 radical (unpaired) electrons. The molecule has 0 spiro atoms. The van der Waals surface area contributed by atoms with Crippen molar-refractivity contribution < 1.29 is 4.74 Å². The molecule has 1 aromatic carbocycles. The second kappa shape index (κ2) is 4.04. The molecule has 3 aromatic rings. The fourth-order valence-electron chi connectivity index (χ4n) is 1.59. The first-order valence-corrected chi connectivity index (χ1v) is 5.94. The van der Waals surface area contributed by atoms with Gasteiger partial charge in [0.15, 0.2) is 0 Å². The van der Waals surface area contributed by atoms with Gasteiger partial charge in [0.1, 0.15) is 11.2 Å². The smallest absolute Gasteiger partial charge is 0.242 e. The van der Waals surface area contributed by atoms with Crippen molar-refractivity contribution in [1.82, 2.24) is 9.97 Å². The summed E-state index contributed by atoms with van der Waals surface area (Å²) in [6.45, 7) is 0. The van der Waals surface area contributed by atoms with E-state index in [9.17, 15) is 0 Å². The lowest BCUT2D eigenvalue weighted by Gasteiger charge is -2.05. The van der Waals surface area contributed by atoms with Gasteiger partial charge in [-0.2, -0.15) is 0 Å². The first kappa shape index (κ1) is 10.1. The van der Waals surface area contributed by atoms with Crippen LogP contribution in [0.15, 0.2) is 29.6 Å². The van der Waals surface area contributed by atoms with Crippen LogP contribution in [0.4, 0.5) is 0 Å². The van der Waals surface area contributed by atoms with Crippen molar-refractivity contribution in [3.05, 3.63) is 41.8 Å². The van der Waals surface area contributed by atoms with Gasteiger partial charge >= 0.3 is 0 Å². The number of hydrogen-bond acceptors (Lipinski definition) is 4. The Kier molecular flexibility index (Phi) is 2.39. The van der Waals surface area contributed by atoms with Gasteiger partial charge in [0, 0.05) is 0 Å². The summed E-state index contributed by atoms with van der Waals surface area (Å²) in [5.74, 6) is 0.524. The van der Waals surface area contributed by atoms with E-state index in [1.807, 2.05) is 23.6 Å². The van der Waals surface area contributed by atoms with Gasteiger partial charge in [-0.1, -0.05) is 12.1 Å². The zero-order valence-electron chi connectivity index (χ0n) is 9.10. The molecule has 0 bridgehead atoms. The van der Waals surface area contributed by atoms with Gasteiger partial charge in [0.25, 0.3) is 0 Å². The van der Waals surface area contributed by atoms with E-state index in [0.717, 1.165) is 16.1 Å². The van der Waals surface area contributed by atoms with Gasteiger partial charge in [-0.3, -0.25) is 0 Å². The molecule has 2 heterocycles. The largest absolute Gasteiger partial charge is 0.479 e. The molecule has 3 nitrogen and oxygen atoms in total. The van der Waals surface area contributed by atoms with Crippen LogP contribution in [0.5, 0.6) is 5.88 Å². The summed E-state index contributed by atoms with van der Waals surface area (Å²) in [6, 6.07) is 13.4. The van der Waals surface area contributed by atoms with E-state index in [4.69, 9.17) is 4.74 Å². The molecule has 0 saturated heterocycles. The van der Waals surface area contributed by atoms with Crippen LogP contribution in [0.25, 0.3) is 21.6 Å². The van der Waals surface area contributed by atoms with Crippen molar-refractivity contribution >= 4 is 22.4 Å². The average Bonchev–Trinajstić information content (AvgIpc) is 2.91. The van der Waals surface area contributed by atoms with E-state index in [0.29, 0.717) is 11.4 Å². The van der Waals surface area contributed by atoms with Crippen LogP contribution in [-0.2, 0) is 0 Å². The lowest BCUT2D eigenvalue weighted by molar-refractivity contribution is 0.400. The van der Waals surface area contributed by atoms with Crippen LogP contribution < -0.4 is 4.74 Å². The van der Waals surface area contributed by atoms with E-state index in [1.165, 1.54) is 0 Å². The standard InChI is InChI=1S/C13H8N2OS/c1-16-13-12(11-7-4-8-17-11)14-9-5-2-3-6-10(9)15-13/h2,4-5,7-8H,1H3. The number of nitrogens with zero attached hydrogens (tertiary/aromatic N) is 2. The maximum absolute atomic E-state index is 5.28. The molecule has 0 atom stereocenters. The minimum absolute atomic E-state index is 0.524. The highest BCUT2D eigenvalue weighted by molar-refractivity contribution is 7.13. The van der Waals surface area contributed by atoms with E-state index < -0.39 is 0 Å². The number of fused-ring (bicyclic) bond motifs is 1. The number of methoxy groups -OCH3 is 1. The van der Waals surface area contributed by atoms with Gasteiger partial charge in [0.2, 0.25) is 5.88 Å². The maximum Gasteiger partial charge on any atom is 0.242 e. The van der Waals surface area contributed by atoms with Crippen molar-refractivity contribution in [1.29, 1.82) is 0 Å². The number of thiophene rings is 1. The molecular weight excluding hydrogens is 232 g/mol. The SMILES string of the molecule is COc1nc2c#cccc2nc1-c1cccs1. The predicted octanol–water partition coefficient (Wildman–Crippen LogP) is 2.97. The van der Waals surface area contributed by atoms with E-state index >= 15 is 0 Å². The first-order valence-electron chi connectivity index (χ1n) is 5.06. The Labute approximate surface area is 103 Å². The highest BCUT2D eigenvalue weighted by Crippen LogP contribution is 2.30. The van der Waals surface area contributed by atoms with Crippen molar-refractivity contribution in [2.45, 2.75) is 0 Å². The lowest BCUT2D eigenvalue weighted by Crippen LogP contribution is -1.94. The van der Waals surface area contributed by atoms with Crippen LogP contribution in [0.3, 0.4) is 0 Å². The van der Waals surface area contributed by atoms with Crippen LogP contribution in [0.1, 0.15) is 0 Å². The van der Waals surface area contributed by atoms with Gasteiger partial charge in [-0.15, -0.1) is 11.3 Å². The average molecular weight is 240 g/mol. The molecule has 0 aliphatic heterocycles. The first-order chi connectivity index (χ1) is 8.38. The molecule has 82 valence electrons. The summed E-state index contributed by atoms with van der Waals surface area (Å²) >= 11 is 1.61. The molecule has 3 rings (SSSR count). The Morgan fingerprint density at radius 2 is 2.24 bits per heavy atom. The molecule has 4 heteroatoms. The van der Waals surface area contributed by atoms with E-state index in [-0.39, 0.29) is 0 Å². The summed E-state index contributed by atoms with van der Waals surface area (Å²) < 4.78 is 5.28. The van der Waals surface area contributed by atoms with Gasteiger partial charge in [-0.25, -0.2) is 9.97 Å². The Balaban J connectivity index is 2.29. The quantitative estimate of drug-likeness (QED) is 0.690. The molecule has 17 heavy (non-hydrogen) atoms. The van der Waals surface area contributed by atoms with Gasteiger partial charge < -0.3 is 4.74 Å². The Bertz CT molecular complexity index is 650. The molecule has 0 N–H and O–H groups in total. The minimum atomic E-state index is 0.524. The highest BCUT2D eigenvalue weighted by atomic mass is 32.1. The Morgan fingerprint density at radius 1 is 1.29 bits per heavy atom. The second-order valence-corrected chi connectivity index (χ2v) is 4.34. The summed E-state index contributed by atoms with van der Waals surface area (Å²) in [6.07, 6.45) is 0. The van der Waals surface area contributed by atoms with Crippen LogP contribution in [0, 0.1) is 12.1 Å². The fraction of sp³-hybridized carbons (Fsp3) is 0.0769. The molecule has 2 aromatic heterocycles. The number of ether oxygens (including phenoxy) is 1. The highest BCUT2D eigenvalue weighted by Gasteiger charge is 2.11. The summed E-state index contributed by atoms with van der Waals surface area (Å²) in [4.78, 5) is 9.99. The zero-order chi connectivity index (χ0) is 11.7. The lowest BCUT2D eigenvalue weighted by atomic mass is 10.3. The van der Waals surface area contributed by atoms with Crippen LogP contribution in [-0.4, -0.2) is 17.1 Å². The molecule has 0 saturated carbocycles. The molecule has 0 amide bonds. The predicted molar refractivity (Wildman–Crippen MR) is 67.1 cm³/mol. The zero-order valence-corrected chi connectivity index (χ0v) is 9.91. The van der Waals surface area contributed by atoms with Gasteiger partial charge in [0.05, 0.1) is 17.5 Å². The number of hydrogen-bond donors (Lipinski definition) is 0. The topological polar surface area (TPSA) is 35.0 Å². The third kappa shape index (κ3) is 1.71. The Hall–Kier alpha value is -2.12. The Morgan fingerprint density at radius 3 is 3.00 bits per heavy atom. The van der Waals surface area contributed by atoms with Crippen molar-refractivity contribution in [3.8, 4) is 16.5 Å². The molecule has 0 aliphatic carbocycles. The van der Waals surface area contributed by atoms with Crippen molar-refractivity contribution in [2.24, 2.45) is 0 Å². The summed E-state index contributed by atoms with van der Waals surface area (Å²) in [5.41, 5.74) is 2.24. The van der Waals surface area contributed by atoms with Crippen LogP contribution >= 0.6 is 11.3 Å². The third-order valence-corrected chi connectivity index (χ3v) is 3.23. The summed E-state index contributed by atoms with van der Waals surface area (Å²) in [5, 5.41) is 2.01. The summed E-state index contributed by atoms with van der Waals surface area (Å²) in [7, 11) is 1.60. The second-order valence-electron chi connectivity index (χ2n) is 3.40. The van der Waals surface area contributed by atoms with Gasteiger partial charge in [-0.05, 0) is 29.6 Å². The molecule has 0 aliphatic rings. The maximum atomic E-state index is 5.28. The number of rotatable bonds is 2. The molecular formula is C13H8N2OS. The molecule has 0 unspecified atom stereocenters.